The first kappa shape index (κ1) is 16.6. The van der Waals surface area contributed by atoms with E-state index < -0.39 is 4.92 Å². The standard InChI is InChI=1S/C17H12BrN3O2S/c18-14-5-3-13(4-6-14)16-9-10-17(20-19-16)24-11-12-1-7-15(8-2-12)21(22)23/h1-10H,11H2. The molecule has 7 heteroatoms. The molecule has 0 radical (unpaired) electrons. The number of rotatable bonds is 5. The number of nitro groups is 1. The fraction of sp³-hybridized carbons (Fsp3) is 0.0588. The molecule has 0 aliphatic carbocycles. The van der Waals surface area contributed by atoms with Gasteiger partial charge in [-0.1, -0.05) is 52.0 Å². The molecule has 0 aliphatic heterocycles. The highest BCUT2D eigenvalue weighted by atomic mass is 79.9. The maximum Gasteiger partial charge on any atom is 0.269 e. The van der Waals surface area contributed by atoms with Gasteiger partial charge in [0.1, 0.15) is 5.03 Å². The number of hydrogen-bond acceptors (Lipinski definition) is 5. The number of nitrogens with zero attached hydrogens (tertiary/aromatic N) is 3. The molecule has 1 aromatic heterocycles. The van der Waals surface area contributed by atoms with Gasteiger partial charge in [-0.25, -0.2) is 0 Å². The van der Waals surface area contributed by atoms with Crippen LogP contribution in [0.1, 0.15) is 5.56 Å². The molecule has 0 atom stereocenters. The average molecular weight is 402 g/mol. The minimum Gasteiger partial charge on any atom is -0.258 e. The molecule has 0 N–H and O–H groups in total. The van der Waals surface area contributed by atoms with Crippen LogP contribution in [0.3, 0.4) is 0 Å². The van der Waals surface area contributed by atoms with E-state index in [1.54, 1.807) is 23.9 Å². The van der Waals surface area contributed by atoms with Gasteiger partial charge in [-0.3, -0.25) is 10.1 Å². The van der Waals surface area contributed by atoms with E-state index in [1.165, 1.54) is 12.1 Å². The van der Waals surface area contributed by atoms with Gasteiger partial charge in [0, 0.05) is 27.9 Å². The predicted octanol–water partition coefficient (Wildman–Crippen LogP) is 5.11. The van der Waals surface area contributed by atoms with Crippen LogP contribution in [0.5, 0.6) is 0 Å². The molecule has 0 fully saturated rings. The Hall–Kier alpha value is -2.25. The lowest BCUT2D eigenvalue weighted by atomic mass is 10.1. The van der Waals surface area contributed by atoms with Crippen LogP contribution in [0.25, 0.3) is 11.3 Å². The van der Waals surface area contributed by atoms with Gasteiger partial charge in [-0.05, 0) is 29.8 Å². The molecule has 0 amide bonds. The largest absolute Gasteiger partial charge is 0.269 e. The van der Waals surface area contributed by atoms with Gasteiger partial charge in [0.25, 0.3) is 5.69 Å². The minimum absolute atomic E-state index is 0.0994. The zero-order chi connectivity index (χ0) is 16.9. The van der Waals surface area contributed by atoms with Crippen LogP contribution >= 0.6 is 27.7 Å². The molecule has 5 nitrogen and oxygen atoms in total. The molecular weight excluding hydrogens is 390 g/mol. The molecule has 24 heavy (non-hydrogen) atoms. The zero-order valence-corrected chi connectivity index (χ0v) is 14.8. The monoisotopic (exact) mass is 401 g/mol. The lowest BCUT2D eigenvalue weighted by Crippen LogP contribution is -1.91. The molecule has 0 aliphatic rings. The third-order valence-electron chi connectivity index (χ3n) is 3.31. The summed E-state index contributed by atoms with van der Waals surface area (Å²) >= 11 is 4.95. The second-order valence-electron chi connectivity index (χ2n) is 4.98. The first-order valence-corrected chi connectivity index (χ1v) is 8.85. The van der Waals surface area contributed by atoms with Gasteiger partial charge in [-0.2, -0.15) is 0 Å². The fourth-order valence-electron chi connectivity index (χ4n) is 2.04. The number of halogens is 1. The number of nitro benzene ring substituents is 1. The Balaban J connectivity index is 1.63. The Labute approximate surface area is 151 Å². The Bertz CT molecular complexity index is 837. The van der Waals surface area contributed by atoms with E-state index in [0.717, 1.165) is 26.3 Å². The highest BCUT2D eigenvalue weighted by Crippen LogP contribution is 2.24. The van der Waals surface area contributed by atoms with Crippen molar-refractivity contribution >= 4 is 33.4 Å². The molecule has 1 heterocycles. The smallest absolute Gasteiger partial charge is 0.258 e. The van der Waals surface area contributed by atoms with Crippen LogP contribution in [0.15, 0.2) is 70.2 Å². The number of hydrogen-bond donors (Lipinski definition) is 0. The van der Waals surface area contributed by atoms with E-state index in [4.69, 9.17) is 0 Å². The Morgan fingerprint density at radius 1 is 0.958 bits per heavy atom. The number of non-ortho nitro benzene ring substituents is 1. The summed E-state index contributed by atoms with van der Waals surface area (Å²) in [6.07, 6.45) is 0. The van der Waals surface area contributed by atoms with Crippen LogP contribution in [0.4, 0.5) is 5.69 Å². The second kappa shape index (κ2) is 7.55. The van der Waals surface area contributed by atoms with Crippen molar-refractivity contribution in [3.63, 3.8) is 0 Å². The van der Waals surface area contributed by atoms with E-state index >= 15 is 0 Å². The highest BCUT2D eigenvalue weighted by molar-refractivity contribution is 9.10. The Morgan fingerprint density at radius 2 is 1.67 bits per heavy atom. The summed E-state index contributed by atoms with van der Waals surface area (Å²) in [6.45, 7) is 0. The van der Waals surface area contributed by atoms with Crippen LogP contribution in [0.2, 0.25) is 0 Å². The maximum atomic E-state index is 10.6. The summed E-state index contributed by atoms with van der Waals surface area (Å²) in [4.78, 5) is 10.2. The van der Waals surface area contributed by atoms with Crippen molar-refractivity contribution in [1.29, 1.82) is 0 Å². The second-order valence-corrected chi connectivity index (χ2v) is 6.89. The summed E-state index contributed by atoms with van der Waals surface area (Å²) in [5, 5.41) is 19.9. The summed E-state index contributed by atoms with van der Waals surface area (Å²) in [5.41, 5.74) is 2.94. The molecule has 2 aromatic carbocycles. The first-order chi connectivity index (χ1) is 11.6. The predicted molar refractivity (Wildman–Crippen MR) is 97.8 cm³/mol. The van der Waals surface area contributed by atoms with Crippen molar-refractivity contribution in [1.82, 2.24) is 10.2 Å². The van der Waals surface area contributed by atoms with Crippen molar-refractivity contribution in [2.24, 2.45) is 0 Å². The highest BCUT2D eigenvalue weighted by Gasteiger charge is 2.05. The minimum atomic E-state index is -0.400. The van der Waals surface area contributed by atoms with E-state index in [9.17, 15) is 10.1 Å². The summed E-state index contributed by atoms with van der Waals surface area (Å²) < 4.78 is 1.02. The summed E-state index contributed by atoms with van der Waals surface area (Å²) in [6, 6.07) is 18.3. The average Bonchev–Trinajstić information content (AvgIpc) is 2.61. The van der Waals surface area contributed by atoms with Crippen molar-refractivity contribution < 1.29 is 4.92 Å². The SMILES string of the molecule is O=[N+]([O-])c1ccc(CSc2ccc(-c3ccc(Br)cc3)nn2)cc1. The van der Waals surface area contributed by atoms with Crippen LogP contribution in [-0.2, 0) is 5.75 Å². The van der Waals surface area contributed by atoms with E-state index in [-0.39, 0.29) is 5.69 Å². The van der Waals surface area contributed by atoms with E-state index in [1.807, 2.05) is 36.4 Å². The van der Waals surface area contributed by atoms with Gasteiger partial charge in [-0.15, -0.1) is 10.2 Å². The van der Waals surface area contributed by atoms with Gasteiger partial charge in [0.15, 0.2) is 0 Å². The molecule has 3 aromatic rings. The van der Waals surface area contributed by atoms with Crippen LogP contribution in [-0.4, -0.2) is 15.1 Å². The molecule has 0 spiro atoms. The Morgan fingerprint density at radius 3 is 2.25 bits per heavy atom. The lowest BCUT2D eigenvalue weighted by Gasteiger charge is -2.03. The quantitative estimate of drug-likeness (QED) is 0.337. The molecular formula is C17H12BrN3O2S. The number of aromatic nitrogens is 2. The zero-order valence-electron chi connectivity index (χ0n) is 12.4. The molecule has 0 saturated carbocycles. The van der Waals surface area contributed by atoms with Crippen LogP contribution < -0.4 is 0 Å². The van der Waals surface area contributed by atoms with Crippen LogP contribution in [0, 0.1) is 10.1 Å². The van der Waals surface area contributed by atoms with Crippen molar-refractivity contribution in [3.8, 4) is 11.3 Å². The van der Waals surface area contributed by atoms with Gasteiger partial charge in [0.05, 0.1) is 10.6 Å². The van der Waals surface area contributed by atoms with Crippen molar-refractivity contribution in [2.75, 3.05) is 0 Å². The number of thioether (sulfide) groups is 1. The van der Waals surface area contributed by atoms with Gasteiger partial charge in [0.2, 0.25) is 0 Å². The lowest BCUT2D eigenvalue weighted by molar-refractivity contribution is -0.384. The van der Waals surface area contributed by atoms with Gasteiger partial charge < -0.3 is 0 Å². The molecule has 0 bridgehead atoms. The topological polar surface area (TPSA) is 68.9 Å². The van der Waals surface area contributed by atoms with Crippen molar-refractivity contribution in [3.05, 3.63) is 80.8 Å². The summed E-state index contributed by atoms with van der Waals surface area (Å²) in [7, 11) is 0. The molecule has 3 rings (SSSR count). The maximum absolute atomic E-state index is 10.6. The van der Waals surface area contributed by atoms with E-state index in [2.05, 4.69) is 26.1 Å². The van der Waals surface area contributed by atoms with E-state index in [0.29, 0.717) is 5.75 Å². The van der Waals surface area contributed by atoms with Gasteiger partial charge >= 0.3 is 0 Å². The fourth-order valence-corrected chi connectivity index (χ4v) is 3.08. The molecule has 0 saturated heterocycles. The van der Waals surface area contributed by atoms with Crippen molar-refractivity contribution in [2.45, 2.75) is 10.8 Å². The normalized spacial score (nSPS) is 10.5. The third kappa shape index (κ3) is 4.18. The Kier molecular flexibility index (Phi) is 5.22. The molecule has 120 valence electrons. The summed E-state index contributed by atoms with van der Waals surface area (Å²) in [5.74, 6) is 0.685. The first-order valence-electron chi connectivity index (χ1n) is 7.07. The third-order valence-corrected chi connectivity index (χ3v) is 4.83. The number of benzene rings is 2. The molecule has 0 unspecified atom stereocenters.